The van der Waals surface area contributed by atoms with Gasteiger partial charge in [0, 0.05) is 24.9 Å². The van der Waals surface area contributed by atoms with Gasteiger partial charge in [0.15, 0.2) is 5.65 Å². The number of halogens is 1. The van der Waals surface area contributed by atoms with Crippen LogP contribution in [-0.2, 0) is 9.53 Å². The number of hydrogen-bond donors (Lipinski definition) is 1. The highest BCUT2D eigenvalue weighted by Gasteiger charge is 2.14. The van der Waals surface area contributed by atoms with E-state index in [1.807, 2.05) is 4.40 Å². The van der Waals surface area contributed by atoms with Gasteiger partial charge in [-0.3, -0.25) is 14.2 Å². The third-order valence-corrected chi connectivity index (χ3v) is 3.25. The molecule has 0 bridgehead atoms. The molecule has 0 saturated carbocycles. The Labute approximate surface area is 131 Å². The van der Waals surface area contributed by atoms with Crippen LogP contribution in [0.2, 0.25) is 0 Å². The molecule has 0 aliphatic rings. The average molecular weight is 314 g/mol. The Bertz CT molecular complexity index is 830. The molecule has 23 heavy (non-hydrogen) atoms. The quantitative estimate of drug-likeness (QED) is 0.579. The number of hydrogen-bond acceptors (Lipinski definition) is 5. The summed E-state index contributed by atoms with van der Waals surface area (Å²) in [5.41, 5.74) is 2.13. The van der Waals surface area contributed by atoms with E-state index in [0.29, 0.717) is 17.9 Å². The molecule has 2 aromatic heterocycles. The zero-order valence-electron chi connectivity index (χ0n) is 12.5. The van der Waals surface area contributed by atoms with Crippen LogP contribution >= 0.6 is 0 Å². The van der Waals surface area contributed by atoms with E-state index in [1.165, 1.54) is 19.1 Å². The van der Waals surface area contributed by atoms with Crippen LogP contribution in [0.1, 0.15) is 6.92 Å². The van der Waals surface area contributed by atoms with Gasteiger partial charge in [0.1, 0.15) is 23.9 Å². The maximum absolute atomic E-state index is 13.1. The van der Waals surface area contributed by atoms with Crippen LogP contribution in [0.4, 0.5) is 10.2 Å². The van der Waals surface area contributed by atoms with Gasteiger partial charge >= 0.3 is 5.97 Å². The Hall–Kier alpha value is -2.96. The molecule has 0 aliphatic heterocycles. The molecule has 0 amide bonds. The number of imidazole rings is 1. The van der Waals surface area contributed by atoms with Crippen LogP contribution in [-0.4, -0.2) is 33.5 Å². The summed E-state index contributed by atoms with van der Waals surface area (Å²) in [5.74, 6) is 0.109. The van der Waals surface area contributed by atoms with Crippen molar-refractivity contribution in [1.82, 2.24) is 14.4 Å². The van der Waals surface area contributed by atoms with Gasteiger partial charge in [-0.05, 0) is 24.3 Å². The number of carbonyl (C=O) groups is 1. The number of aromatic nitrogens is 3. The number of esters is 1. The fourth-order valence-electron chi connectivity index (χ4n) is 2.25. The summed E-state index contributed by atoms with van der Waals surface area (Å²) >= 11 is 0. The van der Waals surface area contributed by atoms with E-state index in [-0.39, 0.29) is 18.4 Å². The lowest BCUT2D eigenvalue weighted by molar-refractivity contribution is -0.140. The number of nitrogens with zero attached hydrogens (tertiary/aromatic N) is 3. The van der Waals surface area contributed by atoms with E-state index in [9.17, 15) is 9.18 Å². The molecule has 3 aromatic rings. The van der Waals surface area contributed by atoms with Gasteiger partial charge in [-0.2, -0.15) is 0 Å². The average Bonchev–Trinajstić information content (AvgIpc) is 2.91. The number of carbonyl (C=O) groups excluding carboxylic acids is 1. The molecule has 1 aromatic carbocycles. The standard InChI is InChI=1S/C16H15FN4O2/c1-11(22)23-9-7-19-16-15(12-2-4-13(17)5-3-12)20-14-10-18-6-8-21(14)16/h2-6,8,10,19H,7,9H2,1H3. The second kappa shape index (κ2) is 6.43. The minimum Gasteiger partial charge on any atom is -0.464 e. The van der Waals surface area contributed by atoms with E-state index >= 15 is 0 Å². The minimum atomic E-state index is -0.326. The van der Waals surface area contributed by atoms with Crippen molar-refractivity contribution in [3.63, 3.8) is 0 Å². The van der Waals surface area contributed by atoms with Crippen molar-refractivity contribution >= 4 is 17.4 Å². The molecule has 1 N–H and O–H groups in total. The van der Waals surface area contributed by atoms with Gasteiger partial charge < -0.3 is 10.1 Å². The normalized spacial score (nSPS) is 10.7. The van der Waals surface area contributed by atoms with Crippen molar-refractivity contribution < 1.29 is 13.9 Å². The highest BCUT2D eigenvalue weighted by Crippen LogP contribution is 2.28. The lowest BCUT2D eigenvalue weighted by Crippen LogP contribution is -2.13. The zero-order chi connectivity index (χ0) is 16.2. The highest BCUT2D eigenvalue weighted by atomic mass is 19.1. The molecule has 118 valence electrons. The largest absolute Gasteiger partial charge is 0.464 e. The molecule has 0 aliphatic carbocycles. The fourth-order valence-corrected chi connectivity index (χ4v) is 2.25. The number of rotatable bonds is 5. The highest BCUT2D eigenvalue weighted by molar-refractivity contribution is 5.76. The number of benzene rings is 1. The maximum atomic E-state index is 13.1. The molecule has 0 saturated heterocycles. The van der Waals surface area contributed by atoms with E-state index in [0.717, 1.165) is 11.4 Å². The summed E-state index contributed by atoms with van der Waals surface area (Å²) in [6, 6.07) is 6.12. The fraction of sp³-hybridized carbons (Fsp3) is 0.188. The molecule has 7 heteroatoms. The molecule has 0 unspecified atom stereocenters. The molecular formula is C16H15FN4O2. The lowest BCUT2D eigenvalue weighted by atomic mass is 10.1. The Balaban J connectivity index is 1.94. The first-order valence-electron chi connectivity index (χ1n) is 7.10. The topological polar surface area (TPSA) is 68.5 Å². The van der Waals surface area contributed by atoms with Crippen molar-refractivity contribution in [2.75, 3.05) is 18.5 Å². The van der Waals surface area contributed by atoms with Gasteiger partial charge in [-0.15, -0.1) is 0 Å². The van der Waals surface area contributed by atoms with E-state index < -0.39 is 0 Å². The van der Waals surface area contributed by atoms with Crippen LogP contribution in [0, 0.1) is 5.82 Å². The van der Waals surface area contributed by atoms with E-state index in [4.69, 9.17) is 4.74 Å². The third kappa shape index (κ3) is 3.28. The smallest absolute Gasteiger partial charge is 0.302 e. The van der Waals surface area contributed by atoms with Crippen LogP contribution in [0.5, 0.6) is 0 Å². The number of anilines is 1. The molecule has 0 fully saturated rings. The Morgan fingerprint density at radius 2 is 2.13 bits per heavy atom. The molecule has 0 radical (unpaired) electrons. The molecule has 0 spiro atoms. The second-order valence-electron chi connectivity index (χ2n) is 4.89. The first-order valence-corrected chi connectivity index (χ1v) is 7.10. The SMILES string of the molecule is CC(=O)OCCNc1c(-c2ccc(F)cc2)nc2cnccn12. The third-order valence-electron chi connectivity index (χ3n) is 3.25. The number of nitrogens with one attached hydrogen (secondary N) is 1. The van der Waals surface area contributed by atoms with Crippen LogP contribution in [0.15, 0.2) is 42.9 Å². The first kappa shape index (κ1) is 15.0. The Morgan fingerprint density at radius 3 is 2.87 bits per heavy atom. The van der Waals surface area contributed by atoms with E-state index in [1.54, 1.807) is 30.7 Å². The minimum absolute atomic E-state index is 0.247. The summed E-state index contributed by atoms with van der Waals surface area (Å²) in [5, 5.41) is 3.21. The lowest BCUT2D eigenvalue weighted by Gasteiger charge is -2.08. The summed E-state index contributed by atoms with van der Waals surface area (Å²) in [4.78, 5) is 19.4. The predicted octanol–water partition coefficient (Wildman–Crippen LogP) is 2.51. The van der Waals surface area contributed by atoms with Crippen molar-refractivity contribution in [3.8, 4) is 11.3 Å². The first-order chi connectivity index (χ1) is 11.1. The molecule has 3 rings (SSSR count). The zero-order valence-corrected chi connectivity index (χ0v) is 12.5. The maximum Gasteiger partial charge on any atom is 0.302 e. The molecule has 0 atom stereocenters. The van der Waals surface area contributed by atoms with Crippen LogP contribution < -0.4 is 5.32 Å². The molecule has 6 nitrogen and oxygen atoms in total. The van der Waals surface area contributed by atoms with E-state index in [2.05, 4.69) is 15.3 Å². The molecular weight excluding hydrogens is 299 g/mol. The van der Waals surface area contributed by atoms with Crippen molar-refractivity contribution in [1.29, 1.82) is 0 Å². The van der Waals surface area contributed by atoms with Crippen LogP contribution in [0.3, 0.4) is 0 Å². The Kier molecular flexibility index (Phi) is 4.18. The monoisotopic (exact) mass is 314 g/mol. The summed E-state index contributed by atoms with van der Waals surface area (Å²) in [7, 11) is 0. The summed E-state index contributed by atoms with van der Waals surface area (Å²) < 4.78 is 19.9. The van der Waals surface area contributed by atoms with Gasteiger partial charge in [0.2, 0.25) is 0 Å². The number of ether oxygens (including phenoxy) is 1. The number of fused-ring (bicyclic) bond motifs is 1. The second-order valence-corrected chi connectivity index (χ2v) is 4.89. The van der Waals surface area contributed by atoms with Crippen molar-refractivity contribution in [2.24, 2.45) is 0 Å². The Morgan fingerprint density at radius 1 is 1.35 bits per heavy atom. The summed E-state index contributed by atoms with van der Waals surface area (Å²) in [6.07, 6.45) is 5.08. The van der Waals surface area contributed by atoms with Gasteiger partial charge in [-0.25, -0.2) is 9.37 Å². The summed E-state index contributed by atoms with van der Waals surface area (Å²) in [6.45, 7) is 2.05. The van der Waals surface area contributed by atoms with Gasteiger partial charge in [-0.1, -0.05) is 0 Å². The van der Waals surface area contributed by atoms with Crippen molar-refractivity contribution in [3.05, 3.63) is 48.7 Å². The van der Waals surface area contributed by atoms with Crippen LogP contribution in [0.25, 0.3) is 16.9 Å². The van der Waals surface area contributed by atoms with Gasteiger partial charge in [0.25, 0.3) is 0 Å². The van der Waals surface area contributed by atoms with Gasteiger partial charge in [0.05, 0.1) is 12.7 Å². The molecule has 2 heterocycles. The predicted molar refractivity (Wildman–Crippen MR) is 83.5 cm³/mol. The van der Waals surface area contributed by atoms with Crippen molar-refractivity contribution in [2.45, 2.75) is 6.92 Å².